The lowest BCUT2D eigenvalue weighted by atomic mass is 10.0. The summed E-state index contributed by atoms with van der Waals surface area (Å²) >= 11 is 0. The average Bonchev–Trinajstić information content (AvgIpc) is 2.83. The summed E-state index contributed by atoms with van der Waals surface area (Å²) < 4.78 is 0. The van der Waals surface area contributed by atoms with Gasteiger partial charge in [-0.3, -0.25) is 0 Å². The van der Waals surface area contributed by atoms with Crippen molar-refractivity contribution in [2.75, 3.05) is 19.6 Å². The molecule has 96 valence electrons. The topological polar surface area (TPSA) is 39.8 Å². The number of H-pyrrole nitrogens is 1. The summed E-state index contributed by atoms with van der Waals surface area (Å²) in [7, 11) is 0. The van der Waals surface area contributed by atoms with Gasteiger partial charge in [0.2, 0.25) is 0 Å². The van der Waals surface area contributed by atoms with Gasteiger partial charge < -0.3 is 15.6 Å². The predicted octanol–water partition coefficient (Wildman–Crippen LogP) is 1.83. The lowest BCUT2D eigenvalue weighted by Gasteiger charge is -2.24. The molecule has 2 aromatic rings. The highest BCUT2D eigenvalue weighted by molar-refractivity contribution is 5.86. The Hall–Kier alpha value is -1.32. The van der Waals surface area contributed by atoms with E-state index in [1.54, 1.807) is 0 Å². The fraction of sp³-hybridized carbons (Fsp3) is 0.467. The molecule has 1 fully saturated rings. The highest BCUT2D eigenvalue weighted by Crippen LogP contribution is 2.23. The summed E-state index contributed by atoms with van der Waals surface area (Å²) in [5, 5.41) is 8.41. The Balaban J connectivity index is 1.88. The number of hydrogen-bond donors (Lipinski definition) is 3. The molecule has 1 unspecified atom stereocenters. The molecule has 0 radical (unpaired) electrons. The van der Waals surface area contributed by atoms with Gasteiger partial charge in [0.1, 0.15) is 0 Å². The van der Waals surface area contributed by atoms with E-state index in [1.807, 2.05) is 0 Å². The second kappa shape index (κ2) is 5.12. The number of nitrogens with one attached hydrogen (secondary N) is 3. The predicted molar refractivity (Wildman–Crippen MR) is 76.0 cm³/mol. The van der Waals surface area contributed by atoms with Crippen LogP contribution in [0.4, 0.5) is 0 Å². The maximum Gasteiger partial charge on any atom is 0.0489 e. The third kappa shape index (κ3) is 2.16. The lowest BCUT2D eigenvalue weighted by molar-refractivity contribution is 0.417. The summed E-state index contributed by atoms with van der Waals surface area (Å²) in [5.41, 5.74) is 4.16. The Morgan fingerprint density at radius 1 is 1.22 bits per heavy atom. The maximum absolute atomic E-state index is 3.57. The van der Waals surface area contributed by atoms with E-state index >= 15 is 0 Å². The second-order valence-corrected chi connectivity index (χ2v) is 5.07. The number of fused-ring (bicyclic) bond motifs is 1. The number of para-hydroxylation sites is 1. The Morgan fingerprint density at radius 3 is 2.94 bits per heavy atom. The van der Waals surface area contributed by atoms with Crippen molar-refractivity contribution in [2.45, 2.75) is 25.8 Å². The molecular formula is C15H21N3. The number of aromatic nitrogens is 1. The standard InChI is InChI=1S/C15H21N3/c1-2-11-4-3-5-14-12(9-18-15(11)14)8-13-10-16-6-7-17-13/h3-5,9,13,16-18H,2,6-8,10H2,1H3. The second-order valence-electron chi connectivity index (χ2n) is 5.07. The van der Waals surface area contributed by atoms with Gasteiger partial charge in [0.25, 0.3) is 0 Å². The van der Waals surface area contributed by atoms with E-state index in [9.17, 15) is 0 Å². The number of rotatable bonds is 3. The van der Waals surface area contributed by atoms with Crippen LogP contribution in [0.5, 0.6) is 0 Å². The Kier molecular flexibility index (Phi) is 3.35. The van der Waals surface area contributed by atoms with Gasteiger partial charge in [0.15, 0.2) is 0 Å². The number of benzene rings is 1. The molecule has 3 rings (SSSR count). The van der Waals surface area contributed by atoms with Crippen molar-refractivity contribution in [3.8, 4) is 0 Å². The van der Waals surface area contributed by atoms with Gasteiger partial charge >= 0.3 is 0 Å². The van der Waals surface area contributed by atoms with Crippen molar-refractivity contribution in [3.63, 3.8) is 0 Å². The third-order valence-electron chi connectivity index (χ3n) is 3.86. The summed E-state index contributed by atoms with van der Waals surface area (Å²) in [5.74, 6) is 0. The fourth-order valence-corrected chi connectivity index (χ4v) is 2.86. The Bertz CT molecular complexity index is 524. The van der Waals surface area contributed by atoms with Crippen LogP contribution in [0.25, 0.3) is 10.9 Å². The van der Waals surface area contributed by atoms with Gasteiger partial charge in [-0.25, -0.2) is 0 Å². The van der Waals surface area contributed by atoms with Gasteiger partial charge in [-0.05, 0) is 24.0 Å². The number of piperazine rings is 1. The third-order valence-corrected chi connectivity index (χ3v) is 3.86. The molecular weight excluding hydrogens is 222 g/mol. The van der Waals surface area contributed by atoms with E-state index in [0.717, 1.165) is 32.5 Å². The van der Waals surface area contributed by atoms with Crippen molar-refractivity contribution >= 4 is 10.9 Å². The molecule has 1 aliphatic heterocycles. The first kappa shape index (κ1) is 11.8. The van der Waals surface area contributed by atoms with Gasteiger partial charge in [-0.1, -0.05) is 25.1 Å². The van der Waals surface area contributed by atoms with Gasteiger partial charge in [0, 0.05) is 42.8 Å². The van der Waals surface area contributed by atoms with Gasteiger partial charge in [-0.2, -0.15) is 0 Å². The molecule has 0 bridgehead atoms. The first-order valence-corrected chi connectivity index (χ1v) is 6.90. The molecule has 1 aromatic heterocycles. The van der Waals surface area contributed by atoms with Crippen LogP contribution < -0.4 is 10.6 Å². The molecule has 1 aromatic carbocycles. The van der Waals surface area contributed by atoms with Gasteiger partial charge in [-0.15, -0.1) is 0 Å². The molecule has 0 spiro atoms. The molecule has 18 heavy (non-hydrogen) atoms. The fourth-order valence-electron chi connectivity index (χ4n) is 2.86. The van der Waals surface area contributed by atoms with Crippen LogP contribution in [-0.2, 0) is 12.8 Å². The molecule has 3 N–H and O–H groups in total. The van der Waals surface area contributed by atoms with Crippen LogP contribution in [0.15, 0.2) is 24.4 Å². The summed E-state index contributed by atoms with van der Waals surface area (Å²) in [4.78, 5) is 3.45. The molecule has 1 atom stereocenters. The SMILES string of the molecule is CCc1cccc2c(CC3CNCCN3)c[nH]c12. The van der Waals surface area contributed by atoms with E-state index in [-0.39, 0.29) is 0 Å². The van der Waals surface area contributed by atoms with E-state index in [2.05, 4.69) is 46.9 Å². The number of aromatic amines is 1. The summed E-state index contributed by atoms with van der Waals surface area (Å²) in [6.07, 6.45) is 4.36. The van der Waals surface area contributed by atoms with Crippen LogP contribution in [0.1, 0.15) is 18.1 Å². The molecule has 1 aliphatic rings. The van der Waals surface area contributed by atoms with E-state index in [4.69, 9.17) is 0 Å². The van der Waals surface area contributed by atoms with E-state index in [1.165, 1.54) is 22.0 Å². The minimum atomic E-state index is 0.558. The molecule has 0 amide bonds. The van der Waals surface area contributed by atoms with Crippen molar-refractivity contribution < 1.29 is 0 Å². The number of hydrogen-bond acceptors (Lipinski definition) is 2. The van der Waals surface area contributed by atoms with Crippen molar-refractivity contribution in [1.82, 2.24) is 15.6 Å². The molecule has 2 heterocycles. The monoisotopic (exact) mass is 243 g/mol. The zero-order chi connectivity index (χ0) is 12.4. The smallest absolute Gasteiger partial charge is 0.0489 e. The Labute approximate surface area is 108 Å². The van der Waals surface area contributed by atoms with Crippen molar-refractivity contribution in [3.05, 3.63) is 35.5 Å². The van der Waals surface area contributed by atoms with Gasteiger partial charge in [0.05, 0.1) is 0 Å². The average molecular weight is 243 g/mol. The molecule has 3 heteroatoms. The van der Waals surface area contributed by atoms with Crippen LogP contribution in [0.3, 0.4) is 0 Å². The molecule has 0 aliphatic carbocycles. The maximum atomic E-state index is 3.57. The largest absolute Gasteiger partial charge is 0.361 e. The Morgan fingerprint density at radius 2 is 2.17 bits per heavy atom. The quantitative estimate of drug-likeness (QED) is 0.770. The zero-order valence-electron chi connectivity index (χ0n) is 10.9. The van der Waals surface area contributed by atoms with Crippen molar-refractivity contribution in [1.29, 1.82) is 0 Å². The van der Waals surface area contributed by atoms with E-state index < -0.39 is 0 Å². The minimum absolute atomic E-state index is 0.558. The van der Waals surface area contributed by atoms with Crippen LogP contribution in [0.2, 0.25) is 0 Å². The van der Waals surface area contributed by atoms with Crippen LogP contribution in [-0.4, -0.2) is 30.7 Å². The lowest BCUT2D eigenvalue weighted by Crippen LogP contribution is -2.49. The first-order chi connectivity index (χ1) is 8.88. The summed E-state index contributed by atoms with van der Waals surface area (Å²) in [6, 6.07) is 7.17. The zero-order valence-corrected chi connectivity index (χ0v) is 10.9. The minimum Gasteiger partial charge on any atom is -0.361 e. The van der Waals surface area contributed by atoms with Crippen molar-refractivity contribution in [2.24, 2.45) is 0 Å². The first-order valence-electron chi connectivity index (χ1n) is 6.90. The molecule has 1 saturated heterocycles. The summed E-state index contributed by atoms with van der Waals surface area (Å²) in [6.45, 7) is 5.44. The van der Waals surface area contributed by atoms with Crippen LogP contribution >= 0.6 is 0 Å². The highest BCUT2D eigenvalue weighted by Gasteiger charge is 2.15. The highest BCUT2D eigenvalue weighted by atomic mass is 15.0. The molecule has 0 saturated carbocycles. The van der Waals surface area contributed by atoms with E-state index in [0.29, 0.717) is 6.04 Å². The van der Waals surface area contributed by atoms with Crippen LogP contribution in [0, 0.1) is 0 Å². The molecule has 3 nitrogen and oxygen atoms in total. The number of aryl methyl sites for hydroxylation is 1. The normalized spacial score (nSPS) is 20.4.